The highest BCUT2D eigenvalue weighted by Gasteiger charge is 2.31. The van der Waals surface area contributed by atoms with Crippen LogP contribution in [-0.2, 0) is 0 Å². The summed E-state index contributed by atoms with van der Waals surface area (Å²) in [5, 5.41) is 0. The maximum absolute atomic E-state index is 12.1. The average Bonchev–Trinajstić information content (AvgIpc) is 2.51. The molecule has 2 rings (SSSR count). The van der Waals surface area contributed by atoms with E-state index in [2.05, 4.69) is 4.74 Å². The van der Waals surface area contributed by atoms with Crippen LogP contribution in [0.1, 0.15) is 23.2 Å². The zero-order valence-electron chi connectivity index (χ0n) is 12.2. The van der Waals surface area contributed by atoms with Gasteiger partial charge in [0, 0.05) is 16.9 Å². The van der Waals surface area contributed by atoms with E-state index in [9.17, 15) is 18.0 Å². The van der Waals surface area contributed by atoms with Gasteiger partial charge in [0.1, 0.15) is 5.75 Å². The van der Waals surface area contributed by atoms with Gasteiger partial charge in [0.15, 0.2) is 5.78 Å². The minimum atomic E-state index is -4.72. The van der Waals surface area contributed by atoms with E-state index < -0.39 is 6.36 Å². The average molecular weight is 340 g/mol. The van der Waals surface area contributed by atoms with Crippen LogP contribution in [0.3, 0.4) is 0 Å². The van der Waals surface area contributed by atoms with Crippen molar-refractivity contribution in [3.8, 4) is 5.75 Å². The first kappa shape index (κ1) is 17.4. The molecule has 0 N–H and O–H groups in total. The molecule has 2 nitrogen and oxygen atoms in total. The second-order valence-electron chi connectivity index (χ2n) is 4.76. The minimum absolute atomic E-state index is 0.0859. The smallest absolute Gasteiger partial charge is 0.406 e. The van der Waals surface area contributed by atoms with Gasteiger partial charge in [-0.25, -0.2) is 0 Å². The normalized spacial score (nSPS) is 11.3. The quantitative estimate of drug-likeness (QED) is 0.387. The fourth-order valence-corrected chi connectivity index (χ4v) is 2.80. The summed E-state index contributed by atoms with van der Waals surface area (Å²) in [6, 6.07) is 14.9. The van der Waals surface area contributed by atoms with Gasteiger partial charge in [0.05, 0.1) is 0 Å². The van der Waals surface area contributed by atoms with E-state index in [1.165, 1.54) is 12.1 Å². The van der Waals surface area contributed by atoms with Crippen LogP contribution in [0.5, 0.6) is 5.75 Å². The van der Waals surface area contributed by atoms with E-state index in [4.69, 9.17) is 0 Å². The molecule has 2 aromatic carbocycles. The number of alkyl halides is 3. The van der Waals surface area contributed by atoms with Crippen LogP contribution in [0, 0.1) is 0 Å². The Bertz CT molecular complexity index is 625. The molecule has 0 aromatic heterocycles. The summed E-state index contributed by atoms with van der Waals surface area (Å²) in [5.41, 5.74) is 0.393. The molecule has 0 amide bonds. The molecule has 0 saturated heterocycles. The number of Topliss-reactive ketones (excluding diaryl/α,β-unsaturated/α-hetero) is 1. The monoisotopic (exact) mass is 340 g/mol. The van der Waals surface area contributed by atoms with E-state index in [1.807, 2.05) is 30.3 Å². The molecule has 0 bridgehead atoms. The minimum Gasteiger partial charge on any atom is -0.406 e. The third-order valence-corrected chi connectivity index (χ3v) is 4.07. The predicted molar refractivity (Wildman–Crippen MR) is 83.9 cm³/mol. The van der Waals surface area contributed by atoms with E-state index >= 15 is 0 Å². The van der Waals surface area contributed by atoms with Gasteiger partial charge in [0.25, 0.3) is 0 Å². The molecule has 0 unspecified atom stereocenters. The van der Waals surface area contributed by atoms with Gasteiger partial charge in [-0.2, -0.15) is 0 Å². The summed E-state index contributed by atoms with van der Waals surface area (Å²) in [4.78, 5) is 13.1. The lowest BCUT2D eigenvalue weighted by atomic mass is 10.1. The lowest BCUT2D eigenvalue weighted by Crippen LogP contribution is -2.17. The molecule has 2 aromatic rings. The number of hydrogen-bond acceptors (Lipinski definition) is 3. The SMILES string of the molecule is O=C(CCCSc1ccccc1)c1ccc(OC(F)(F)F)cc1. The molecule has 0 saturated carbocycles. The Hall–Kier alpha value is -1.95. The Morgan fingerprint density at radius 1 is 1.00 bits per heavy atom. The fourth-order valence-electron chi connectivity index (χ4n) is 1.93. The molecular formula is C17H15F3O2S. The summed E-state index contributed by atoms with van der Waals surface area (Å²) < 4.78 is 39.9. The van der Waals surface area contributed by atoms with E-state index in [0.717, 1.165) is 22.8 Å². The Morgan fingerprint density at radius 3 is 2.26 bits per heavy atom. The third kappa shape index (κ3) is 6.36. The maximum Gasteiger partial charge on any atom is 0.573 e. The number of carbonyl (C=O) groups is 1. The summed E-state index contributed by atoms with van der Waals surface area (Å²) in [6.45, 7) is 0. The summed E-state index contributed by atoms with van der Waals surface area (Å²) in [5.74, 6) is 0.399. The highest BCUT2D eigenvalue weighted by atomic mass is 32.2. The fraction of sp³-hybridized carbons (Fsp3) is 0.235. The first-order valence-electron chi connectivity index (χ1n) is 7.01. The number of ketones is 1. The standard InChI is InChI=1S/C17H15F3O2S/c18-17(19,20)22-14-10-8-13(9-11-14)16(21)7-4-12-23-15-5-2-1-3-6-15/h1-3,5-6,8-11H,4,7,12H2. The first-order chi connectivity index (χ1) is 10.9. The number of halogens is 3. The van der Waals surface area contributed by atoms with Crippen molar-refractivity contribution in [1.82, 2.24) is 0 Å². The second kappa shape index (κ2) is 8.06. The van der Waals surface area contributed by atoms with Crippen LogP contribution in [0.25, 0.3) is 0 Å². The molecule has 0 heterocycles. The molecule has 0 aliphatic carbocycles. The summed E-state index contributed by atoms with van der Waals surface area (Å²) >= 11 is 1.67. The van der Waals surface area contributed by atoms with Crippen LogP contribution in [0.2, 0.25) is 0 Å². The Morgan fingerprint density at radius 2 is 1.65 bits per heavy atom. The van der Waals surface area contributed by atoms with Crippen LogP contribution >= 0.6 is 11.8 Å². The molecule has 0 radical (unpaired) electrons. The molecule has 0 aliphatic rings. The molecule has 0 spiro atoms. The molecule has 0 aliphatic heterocycles. The maximum atomic E-state index is 12.1. The number of thioether (sulfide) groups is 1. The molecular weight excluding hydrogens is 325 g/mol. The zero-order chi connectivity index (χ0) is 16.7. The summed E-state index contributed by atoms with van der Waals surface area (Å²) in [6.07, 6.45) is -3.65. The molecule has 6 heteroatoms. The van der Waals surface area contributed by atoms with Crippen LogP contribution in [0.4, 0.5) is 13.2 Å². The number of hydrogen-bond donors (Lipinski definition) is 0. The van der Waals surface area contributed by atoms with Crippen LogP contribution in [-0.4, -0.2) is 17.9 Å². The topological polar surface area (TPSA) is 26.3 Å². The molecule has 122 valence electrons. The summed E-state index contributed by atoms with van der Waals surface area (Å²) in [7, 11) is 0. The highest BCUT2D eigenvalue weighted by Crippen LogP contribution is 2.23. The van der Waals surface area contributed by atoms with E-state index in [-0.39, 0.29) is 11.5 Å². The van der Waals surface area contributed by atoms with E-state index in [1.54, 1.807) is 11.8 Å². The Kier molecular flexibility index (Phi) is 6.10. The molecule has 0 atom stereocenters. The van der Waals surface area contributed by atoms with Crippen molar-refractivity contribution < 1.29 is 22.7 Å². The third-order valence-electron chi connectivity index (χ3n) is 2.97. The number of ether oxygens (including phenoxy) is 1. The van der Waals surface area contributed by atoms with Crippen LogP contribution < -0.4 is 4.74 Å². The number of benzene rings is 2. The van der Waals surface area contributed by atoms with Gasteiger partial charge < -0.3 is 4.74 Å². The zero-order valence-corrected chi connectivity index (χ0v) is 13.0. The number of carbonyl (C=O) groups excluding carboxylic acids is 1. The second-order valence-corrected chi connectivity index (χ2v) is 5.93. The predicted octanol–water partition coefficient (Wildman–Crippen LogP) is 5.34. The van der Waals surface area contributed by atoms with Crippen molar-refractivity contribution in [2.45, 2.75) is 24.1 Å². The number of rotatable bonds is 7. The van der Waals surface area contributed by atoms with Crippen molar-refractivity contribution in [1.29, 1.82) is 0 Å². The van der Waals surface area contributed by atoms with Crippen molar-refractivity contribution in [2.24, 2.45) is 0 Å². The van der Waals surface area contributed by atoms with Gasteiger partial charge in [-0.15, -0.1) is 24.9 Å². The Labute approximate surface area is 136 Å². The van der Waals surface area contributed by atoms with Gasteiger partial charge >= 0.3 is 6.36 Å². The lowest BCUT2D eigenvalue weighted by molar-refractivity contribution is -0.274. The van der Waals surface area contributed by atoms with Crippen molar-refractivity contribution in [3.63, 3.8) is 0 Å². The highest BCUT2D eigenvalue weighted by molar-refractivity contribution is 7.99. The van der Waals surface area contributed by atoms with Gasteiger partial charge in [-0.3, -0.25) is 4.79 Å². The first-order valence-corrected chi connectivity index (χ1v) is 7.99. The Balaban J connectivity index is 1.77. The van der Waals surface area contributed by atoms with Gasteiger partial charge in [-0.1, -0.05) is 18.2 Å². The van der Waals surface area contributed by atoms with Crippen molar-refractivity contribution >= 4 is 17.5 Å². The molecule has 0 fully saturated rings. The van der Waals surface area contributed by atoms with Crippen molar-refractivity contribution in [2.75, 3.05) is 5.75 Å². The van der Waals surface area contributed by atoms with Gasteiger partial charge in [0.2, 0.25) is 0 Å². The van der Waals surface area contributed by atoms with Crippen molar-refractivity contribution in [3.05, 3.63) is 60.2 Å². The van der Waals surface area contributed by atoms with Crippen LogP contribution in [0.15, 0.2) is 59.5 Å². The lowest BCUT2D eigenvalue weighted by Gasteiger charge is -2.09. The van der Waals surface area contributed by atoms with Gasteiger partial charge in [-0.05, 0) is 48.6 Å². The molecule has 23 heavy (non-hydrogen) atoms. The van der Waals surface area contributed by atoms with E-state index in [0.29, 0.717) is 18.4 Å². The largest absolute Gasteiger partial charge is 0.573 e.